The lowest BCUT2D eigenvalue weighted by atomic mass is 9.99. The van der Waals surface area contributed by atoms with Crippen LogP contribution < -0.4 is 0 Å². The Balaban J connectivity index is 2.30. The van der Waals surface area contributed by atoms with E-state index >= 15 is 0 Å². The number of carbonyl (C=O) groups is 2. The number of carbonyl (C=O) groups excluding carboxylic acids is 2. The van der Waals surface area contributed by atoms with Crippen LogP contribution in [0.4, 0.5) is 0 Å². The number of rotatable bonds is 39. The molecule has 57 heavy (non-hydrogen) atoms. The van der Waals surface area contributed by atoms with Gasteiger partial charge in [0.2, 0.25) is 0 Å². The SMILES string of the molecule is CCCCCC/C=C/CCCCCCCC(=O)OC[C@H](CO[C@@H]1O[C@H](CO)[C@H](O)C(O)C1O)OC(=O)CCCCCCCCCCC/C=C/CCCCCCCC. The fourth-order valence-electron chi connectivity index (χ4n) is 7.06. The minimum Gasteiger partial charge on any atom is -0.462 e. The van der Waals surface area contributed by atoms with Crippen molar-refractivity contribution in [2.24, 2.45) is 0 Å². The highest BCUT2D eigenvalue weighted by atomic mass is 16.7. The molecule has 0 bridgehead atoms. The van der Waals surface area contributed by atoms with E-state index in [2.05, 4.69) is 38.2 Å². The van der Waals surface area contributed by atoms with E-state index in [1.54, 1.807) is 0 Å². The van der Waals surface area contributed by atoms with Crippen LogP contribution in [0.2, 0.25) is 0 Å². The number of unbranched alkanes of at least 4 members (excludes halogenated alkanes) is 24. The molecule has 1 aliphatic heterocycles. The second-order valence-electron chi connectivity index (χ2n) is 16.2. The molecule has 1 rings (SSSR count). The summed E-state index contributed by atoms with van der Waals surface area (Å²) in [7, 11) is 0. The van der Waals surface area contributed by atoms with Crippen LogP contribution in [-0.4, -0.2) is 89.0 Å². The van der Waals surface area contributed by atoms with Crippen molar-refractivity contribution in [3.8, 4) is 0 Å². The fourth-order valence-corrected chi connectivity index (χ4v) is 7.06. The molecule has 4 N–H and O–H groups in total. The van der Waals surface area contributed by atoms with Gasteiger partial charge in [0.15, 0.2) is 12.4 Å². The van der Waals surface area contributed by atoms with Crippen molar-refractivity contribution >= 4 is 11.9 Å². The highest BCUT2D eigenvalue weighted by molar-refractivity contribution is 5.70. The highest BCUT2D eigenvalue weighted by Crippen LogP contribution is 2.23. The predicted octanol–water partition coefficient (Wildman–Crippen LogP) is 10.1. The normalized spacial score (nSPS) is 20.4. The minimum absolute atomic E-state index is 0.220. The van der Waals surface area contributed by atoms with Crippen molar-refractivity contribution in [2.75, 3.05) is 19.8 Å². The average molecular weight is 811 g/mol. The van der Waals surface area contributed by atoms with Gasteiger partial charge in [0.05, 0.1) is 13.2 Å². The summed E-state index contributed by atoms with van der Waals surface area (Å²) in [6.07, 6.45) is 34.7. The van der Waals surface area contributed by atoms with Crippen molar-refractivity contribution in [2.45, 2.75) is 243 Å². The molecular weight excluding hydrogens is 725 g/mol. The summed E-state index contributed by atoms with van der Waals surface area (Å²) in [5.41, 5.74) is 0. The molecular formula is C47H86O10. The van der Waals surface area contributed by atoms with Gasteiger partial charge in [-0.3, -0.25) is 9.59 Å². The molecule has 0 spiro atoms. The summed E-state index contributed by atoms with van der Waals surface area (Å²) >= 11 is 0. The number of aliphatic hydroxyl groups is 4. The molecule has 0 aromatic heterocycles. The Morgan fingerprint density at radius 3 is 1.39 bits per heavy atom. The van der Waals surface area contributed by atoms with Crippen molar-refractivity contribution in [3.63, 3.8) is 0 Å². The summed E-state index contributed by atoms with van der Waals surface area (Å²) < 4.78 is 22.2. The number of esters is 2. The van der Waals surface area contributed by atoms with E-state index in [4.69, 9.17) is 18.9 Å². The Kier molecular flexibility index (Phi) is 35.8. The molecule has 0 aromatic rings. The van der Waals surface area contributed by atoms with E-state index in [1.807, 2.05) is 0 Å². The number of allylic oxidation sites excluding steroid dienone is 4. The van der Waals surface area contributed by atoms with Crippen LogP contribution in [0.1, 0.15) is 206 Å². The zero-order valence-electron chi connectivity index (χ0n) is 36.3. The molecule has 6 atom stereocenters. The molecule has 0 radical (unpaired) electrons. The zero-order chi connectivity index (χ0) is 41.6. The summed E-state index contributed by atoms with van der Waals surface area (Å²) in [5.74, 6) is -0.814. The fraction of sp³-hybridized carbons (Fsp3) is 0.872. The molecule has 0 amide bonds. The van der Waals surface area contributed by atoms with Crippen molar-refractivity contribution < 1.29 is 49.0 Å². The molecule has 1 heterocycles. The largest absolute Gasteiger partial charge is 0.462 e. The first-order valence-corrected chi connectivity index (χ1v) is 23.4. The quantitative estimate of drug-likeness (QED) is 0.0268. The van der Waals surface area contributed by atoms with E-state index in [1.165, 1.54) is 116 Å². The number of hydrogen-bond acceptors (Lipinski definition) is 10. The monoisotopic (exact) mass is 811 g/mol. The lowest BCUT2D eigenvalue weighted by Gasteiger charge is -2.39. The van der Waals surface area contributed by atoms with Crippen LogP contribution in [0.25, 0.3) is 0 Å². The van der Waals surface area contributed by atoms with E-state index < -0.39 is 49.4 Å². The summed E-state index contributed by atoms with van der Waals surface area (Å²) in [4.78, 5) is 25.3. The first-order valence-electron chi connectivity index (χ1n) is 23.4. The van der Waals surface area contributed by atoms with Gasteiger partial charge in [-0.25, -0.2) is 0 Å². The highest BCUT2D eigenvalue weighted by Gasteiger charge is 2.44. The smallest absolute Gasteiger partial charge is 0.306 e. The Bertz CT molecular complexity index is 985. The Morgan fingerprint density at radius 2 is 0.930 bits per heavy atom. The maximum Gasteiger partial charge on any atom is 0.306 e. The van der Waals surface area contributed by atoms with E-state index in [0.29, 0.717) is 6.42 Å². The molecule has 10 heteroatoms. The van der Waals surface area contributed by atoms with Gasteiger partial charge in [-0.2, -0.15) is 0 Å². The number of aliphatic hydroxyl groups excluding tert-OH is 4. The van der Waals surface area contributed by atoms with Gasteiger partial charge in [0.1, 0.15) is 31.0 Å². The first-order chi connectivity index (χ1) is 27.8. The molecule has 2 unspecified atom stereocenters. The van der Waals surface area contributed by atoms with Crippen molar-refractivity contribution in [3.05, 3.63) is 24.3 Å². The maximum absolute atomic E-state index is 12.8. The third kappa shape index (κ3) is 30.0. The number of hydrogen-bond donors (Lipinski definition) is 4. The summed E-state index contributed by atoms with van der Waals surface area (Å²) in [6, 6.07) is 0. The molecule has 10 nitrogen and oxygen atoms in total. The van der Waals surface area contributed by atoms with Gasteiger partial charge < -0.3 is 39.4 Å². The zero-order valence-corrected chi connectivity index (χ0v) is 36.3. The van der Waals surface area contributed by atoms with E-state index in [0.717, 1.165) is 57.8 Å². The molecule has 1 saturated heterocycles. The second-order valence-corrected chi connectivity index (χ2v) is 16.2. The summed E-state index contributed by atoms with van der Waals surface area (Å²) in [6.45, 7) is 3.41. The average Bonchev–Trinajstić information content (AvgIpc) is 3.21. The van der Waals surface area contributed by atoms with Gasteiger partial charge in [-0.05, 0) is 64.2 Å². The molecule has 1 aliphatic rings. The molecule has 1 fully saturated rings. The Labute approximate surface area is 347 Å². The lowest BCUT2D eigenvalue weighted by molar-refractivity contribution is -0.305. The first kappa shape index (κ1) is 53.2. The van der Waals surface area contributed by atoms with Crippen LogP contribution in [-0.2, 0) is 28.5 Å². The van der Waals surface area contributed by atoms with Gasteiger partial charge >= 0.3 is 11.9 Å². The summed E-state index contributed by atoms with van der Waals surface area (Å²) in [5, 5.41) is 40.1. The maximum atomic E-state index is 12.8. The van der Waals surface area contributed by atoms with Gasteiger partial charge in [0.25, 0.3) is 0 Å². The second kappa shape index (κ2) is 38.4. The third-order valence-electron chi connectivity index (χ3n) is 10.8. The van der Waals surface area contributed by atoms with Gasteiger partial charge in [-0.1, -0.05) is 154 Å². The van der Waals surface area contributed by atoms with Crippen LogP contribution in [0.15, 0.2) is 24.3 Å². The van der Waals surface area contributed by atoms with Crippen LogP contribution in [0.5, 0.6) is 0 Å². The van der Waals surface area contributed by atoms with Gasteiger partial charge in [-0.15, -0.1) is 0 Å². The molecule has 0 aromatic carbocycles. The standard InChI is InChI=1S/C47H86O10/c1-3-5-7-9-11-13-15-17-18-19-20-21-22-24-26-28-30-32-34-36-43(50)56-40(39-55-47-46(53)45(52)44(51)41(37-48)57-47)38-54-42(49)35-33-31-29-27-25-23-16-14-12-10-8-6-4-2/h14,16-18,40-41,44-48,51-53H,3-13,15,19-39H2,1-2H3/b16-14+,18-17+/t40-,41-,44+,45?,46?,47-/m1/s1. The Hall–Kier alpha value is -1.82. The van der Waals surface area contributed by atoms with Crippen LogP contribution >= 0.6 is 0 Å². The predicted molar refractivity (Wildman–Crippen MR) is 229 cm³/mol. The lowest BCUT2D eigenvalue weighted by Crippen LogP contribution is -2.59. The van der Waals surface area contributed by atoms with E-state index in [-0.39, 0.29) is 32.0 Å². The number of ether oxygens (including phenoxy) is 4. The van der Waals surface area contributed by atoms with Crippen LogP contribution in [0, 0.1) is 0 Å². The third-order valence-corrected chi connectivity index (χ3v) is 10.8. The van der Waals surface area contributed by atoms with Crippen LogP contribution in [0.3, 0.4) is 0 Å². The van der Waals surface area contributed by atoms with Gasteiger partial charge in [0, 0.05) is 12.8 Å². The molecule has 334 valence electrons. The molecule has 0 saturated carbocycles. The topological polar surface area (TPSA) is 152 Å². The Morgan fingerprint density at radius 1 is 0.526 bits per heavy atom. The van der Waals surface area contributed by atoms with E-state index in [9.17, 15) is 30.0 Å². The minimum atomic E-state index is -1.59. The van der Waals surface area contributed by atoms with Crippen molar-refractivity contribution in [1.82, 2.24) is 0 Å². The molecule has 0 aliphatic carbocycles. The van der Waals surface area contributed by atoms with Crippen molar-refractivity contribution in [1.29, 1.82) is 0 Å².